The number of piperidine rings is 1. The number of rotatable bonds is 3. The van der Waals surface area contributed by atoms with Gasteiger partial charge in [-0.3, -0.25) is 19.8 Å². The van der Waals surface area contributed by atoms with Gasteiger partial charge in [0.15, 0.2) is 0 Å². The van der Waals surface area contributed by atoms with Gasteiger partial charge in [0.25, 0.3) is 0 Å². The molecule has 1 N–H and O–H groups in total. The minimum atomic E-state index is -0.686. The Hall–Kier alpha value is -1.43. The second-order valence-corrected chi connectivity index (χ2v) is 6.35. The fraction of sp³-hybridized carbons (Fsp3) is 0.800. The standard InChI is InChI=1S/C15H23N3O3/c1-2-4-12-13(19)16-15(21)18(14(12)20)11-6-8-17-7-3-5-10(17)9-11/h10-12H,2-9H2,1H3,(H,16,19,21). The molecule has 3 saturated heterocycles. The van der Waals surface area contributed by atoms with Crippen molar-refractivity contribution < 1.29 is 14.4 Å². The zero-order valence-electron chi connectivity index (χ0n) is 12.5. The lowest BCUT2D eigenvalue weighted by Gasteiger charge is -2.42. The molecule has 0 saturated carbocycles. The monoisotopic (exact) mass is 293 g/mol. The van der Waals surface area contributed by atoms with Gasteiger partial charge in [-0.05, 0) is 38.6 Å². The van der Waals surface area contributed by atoms with Gasteiger partial charge in [-0.2, -0.15) is 0 Å². The van der Waals surface area contributed by atoms with Gasteiger partial charge in [0.05, 0.1) is 0 Å². The SMILES string of the molecule is CCCC1C(=O)NC(=O)N(C2CCN3CCCC3C2)C1=O. The maximum atomic E-state index is 12.6. The topological polar surface area (TPSA) is 69.7 Å². The molecule has 6 nitrogen and oxygen atoms in total. The average Bonchev–Trinajstić information content (AvgIpc) is 2.91. The Kier molecular flexibility index (Phi) is 3.97. The average molecular weight is 293 g/mol. The van der Waals surface area contributed by atoms with Crippen molar-refractivity contribution in [1.82, 2.24) is 15.1 Å². The Bertz CT molecular complexity index is 465. The van der Waals surface area contributed by atoms with E-state index in [0.717, 1.165) is 38.8 Å². The summed E-state index contributed by atoms with van der Waals surface area (Å²) in [5, 5.41) is 2.37. The van der Waals surface area contributed by atoms with E-state index in [2.05, 4.69) is 10.2 Å². The van der Waals surface area contributed by atoms with Gasteiger partial charge in [-0.25, -0.2) is 4.79 Å². The fourth-order valence-electron chi connectivity index (χ4n) is 3.96. The maximum Gasteiger partial charge on any atom is 0.331 e. The lowest BCUT2D eigenvalue weighted by molar-refractivity contribution is -0.145. The van der Waals surface area contributed by atoms with E-state index in [1.165, 1.54) is 11.3 Å². The van der Waals surface area contributed by atoms with Gasteiger partial charge in [-0.15, -0.1) is 0 Å². The van der Waals surface area contributed by atoms with Crippen molar-refractivity contribution in [1.29, 1.82) is 0 Å². The lowest BCUT2D eigenvalue weighted by atomic mass is 9.92. The number of carbonyl (C=O) groups excluding carboxylic acids is 3. The molecule has 3 atom stereocenters. The molecule has 3 fully saturated rings. The van der Waals surface area contributed by atoms with Gasteiger partial charge in [0, 0.05) is 18.6 Å². The highest BCUT2D eigenvalue weighted by Crippen LogP contribution is 2.31. The third kappa shape index (κ3) is 2.57. The molecule has 0 aromatic heterocycles. The third-order valence-electron chi connectivity index (χ3n) is 5.04. The second kappa shape index (κ2) is 5.75. The fourth-order valence-corrected chi connectivity index (χ4v) is 3.96. The second-order valence-electron chi connectivity index (χ2n) is 6.35. The summed E-state index contributed by atoms with van der Waals surface area (Å²) in [6, 6.07) is -0.0790. The molecule has 0 bridgehead atoms. The first-order valence-electron chi connectivity index (χ1n) is 8.03. The summed E-state index contributed by atoms with van der Waals surface area (Å²) in [6.07, 6.45) is 5.30. The maximum absolute atomic E-state index is 12.6. The van der Waals surface area contributed by atoms with Gasteiger partial charge < -0.3 is 4.90 Å². The van der Waals surface area contributed by atoms with E-state index >= 15 is 0 Å². The van der Waals surface area contributed by atoms with Crippen LogP contribution in [0.3, 0.4) is 0 Å². The van der Waals surface area contributed by atoms with Crippen molar-refractivity contribution in [2.45, 2.75) is 57.5 Å². The van der Waals surface area contributed by atoms with Crippen LogP contribution in [-0.2, 0) is 9.59 Å². The van der Waals surface area contributed by atoms with Crippen LogP contribution in [0.15, 0.2) is 0 Å². The number of imide groups is 2. The molecule has 0 aliphatic carbocycles. The number of urea groups is 1. The zero-order chi connectivity index (χ0) is 15.0. The Morgan fingerprint density at radius 3 is 2.71 bits per heavy atom. The molecule has 0 aromatic carbocycles. The van der Waals surface area contributed by atoms with E-state index in [1.54, 1.807) is 0 Å². The largest absolute Gasteiger partial charge is 0.331 e. The van der Waals surface area contributed by atoms with Crippen LogP contribution >= 0.6 is 0 Å². The third-order valence-corrected chi connectivity index (χ3v) is 5.04. The van der Waals surface area contributed by atoms with Crippen molar-refractivity contribution in [3.63, 3.8) is 0 Å². The molecule has 0 aromatic rings. The van der Waals surface area contributed by atoms with Crippen LogP contribution in [0, 0.1) is 5.92 Å². The number of amides is 4. The summed E-state index contributed by atoms with van der Waals surface area (Å²) in [5.41, 5.74) is 0. The van der Waals surface area contributed by atoms with Gasteiger partial charge in [0.2, 0.25) is 11.8 Å². The van der Waals surface area contributed by atoms with Crippen LogP contribution in [0.25, 0.3) is 0 Å². The summed E-state index contributed by atoms with van der Waals surface area (Å²) in [6.45, 7) is 4.02. The molecule has 3 unspecified atom stereocenters. The Balaban J connectivity index is 1.75. The summed E-state index contributed by atoms with van der Waals surface area (Å²) in [7, 11) is 0. The number of fused-ring (bicyclic) bond motifs is 1. The molecule has 6 heteroatoms. The lowest BCUT2D eigenvalue weighted by Crippen LogP contribution is -2.62. The molecule has 3 aliphatic rings. The van der Waals surface area contributed by atoms with Crippen molar-refractivity contribution in [3.8, 4) is 0 Å². The van der Waals surface area contributed by atoms with Crippen LogP contribution < -0.4 is 5.32 Å². The molecular weight excluding hydrogens is 270 g/mol. The van der Waals surface area contributed by atoms with E-state index in [-0.39, 0.29) is 11.9 Å². The van der Waals surface area contributed by atoms with Gasteiger partial charge >= 0.3 is 6.03 Å². The van der Waals surface area contributed by atoms with Crippen molar-refractivity contribution in [2.24, 2.45) is 5.92 Å². The predicted molar refractivity (Wildman–Crippen MR) is 76.4 cm³/mol. The van der Waals surface area contributed by atoms with E-state index < -0.39 is 17.9 Å². The molecule has 0 spiro atoms. The number of carbonyl (C=O) groups is 3. The van der Waals surface area contributed by atoms with Crippen LogP contribution in [-0.4, -0.2) is 52.8 Å². The number of nitrogens with one attached hydrogen (secondary N) is 1. The summed E-state index contributed by atoms with van der Waals surface area (Å²) in [4.78, 5) is 40.3. The van der Waals surface area contributed by atoms with Crippen molar-refractivity contribution in [3.05, 3.63) is 0 Å². The predicted octanol–water partition coefficient (Wildman–Crippen LogP) is 1.11. The van der Waals surface area contributed by atoms with E-state index in [1.807, 2.05) is 6.92 Å². The molecule has 21 heavy (non-hydrogen) atoms. The Labute approximate surface area is 124 Å². The number of nitrogens with zero attached hydrogens (tertiary/aromatic N) is 2. The van der Waals surface area contributed by atoms with E-state index in [4.69, 9.17) is 0 Å². The Morgan fingerprint density at radius 2 is 1.95 bits per heavy atom. The highest BCUT2D eigenvalue weighted by Gasteiger charge is 2.45. The van der Waals surface area contributed by atoms with Gasteiger partial charge in [0.1, 0.15) is 5.92 Å². The van der Waals surface area contributed by atoms with Crippen LogP contribution in [0.4, 0.5) is 4.79 Å². The van der Waals surface area contributed by atoms with Crippen molar-refractivity contribution in [2.75, 3.05) is 13.1 Å². The van der Waals surface area contributed by atoms with Gasteiger partial charge in [-0.1, -0.05) is 13.3 Å². The highest BCUT2D eigenvalue weighted by atomic mass is 16.2. The molecule has 0 radical (unpaired) electrons. The van der Waals surface area contributed by atoms with Crippen LogP contribution in [0.5, 0.6) is 0 Å². The van der Waals surface area contributed by atoms with Crippen molar-refractivity contribution >= 4 is 17.8 Å². The minimum Gasteiger partial charge on any atom is -0.300 e. The minimum absolute atomic E-state index is 0.0516. The van der Waals surface area contributed by atoms with E-state index in [0.29, 0.717) is 12.5 Å². The normalized spacial score (nSPS) is 34.0. The smallest absolute Gasteiger partial charge is 0.300 e. The van der Waals surface area contributed by atoms with Crippen LogP contribution in [0.1, 0.15) is 45.4 Å². The summed E-state index contributed by atoms with van der Waals surface area (Å²) in [5.74, 6) is -1.40. The quantitative estimate of drug-likeness (QED) is 0.791. The highest BCUT2D eigenvalue weighted by molar-refractivity contribution is 6.16. The molecule has 3 heterocycles. The first kappa shape index (κ1) is 14.5. The number of barbiturate groups is 1. The number of hydrogen-bond acceptors (Lipinski definition) is 4. The van der Waals surface area contributed by atoms with E-state index in [9.17, 15) is 14.4 Å². The molecule has 116 valence electrons. The summed E-state index contributed by atoms with van der Waals surface area (Å²) < 4.78 is 0. The Morgan fingerprint density at radius 1 is 1.14 bits per heavy atom. The molecular formula is C15H23N3O3. The summed E-state index contributed by atoms with van der Waals surface area (Å²) >= 11 is 0. The molecule has 3 rings (SSSR count). The molecule has 3 aliphatic heterocycles. The zero-order valence-corrected chi connectivity index (χ0v) is 12.5. The first-order chi connectivity index (χ1) is 10.1. The number of hydrogen-bond donors (Lipinski definition) is 1. The molecule has 4 amide bonds. The van der Waals surface area contributed by atoms with Crippen LogP contribution in [0.2, 0.25) is 0 Å². The first-order valence-corrected chi connectivity index (χ1v) is 8.03.